The third-order valence-electron chi connectivity index (χ3n) is 5.79. The molecule has 0 radical (unpaired) electrons. The predicted octanol–water partition coefficient (Wildman–Crippen LogP) is -0.563. The van der Waals surface area contributed by atoms with Crippen LogP contribution < -0.4 is 10.6 Å². The van der Waals surface area contributed by atoms with E-state index in [0.717, 1.165) is 25.7 Å². The Labute approximate surface area is 204 Å². The molecule has 1 aliphatic rings. The molecule has 0 unspecified atom stereocenters. The molecular formula is C24H48N4O6. The van der Waals surface area contributed by atoms with Crippen LogP contribution in [0.1, 0.15) is 66.2 Å². The van der Waals surface area contributed by atoms with Gasteiger partial charge in [-0.1, -0.05) is 0 Å². The zero-order valence-corrected chi connectivity index (χ0v) is 21.4. The fraction of sp³-hybridized carbons (Fsp3) is 0.917. The van der Waals surface area contributed by atoms with Crippen molar-refractivity contribution in [2.24, 2.45) is 0 Å². The molecule has 0 aromatic carbocycles. The molecule has 6 N–H and O–H groups in total. The maximum Gasteiger partial charge on any atom is 0.243 e. The van der Waals surface area contributed by atoms with E-state index in [1.54, 1.807) is 27.7 Å². The number of hydrogen-bond donors (Lipinski definition) is 6. The van der Waals surface area contributed by atoms with Gasteiger partial charge in [0.2, 0.25) is 11.8 Å². The number of aliphatic hydroxyl groups excluding tert-OH is 4. The van der Waals surface area contributed by atoms with Gasteiger partial charge in [0.1, 0.15) is 12.1 Å². The highest BCUT2D eigenvalue weighted by atomic mass is 16.3. The average Bonchev–Trinajstić information content (AvgIpc) is 2.69. The summed E-state index contributed by atoms with van der Waals surface area (Å²) < 4.78 is 0. The summed E-state index contributed by atoms with van der Waals surface area (Å²) >= 11 is 0. The van der Waals surface area contributed by atoms with Gasteiger partial charge < -0.3 is 31.1 Å². The molecule has 0 aromatic rings. The van der Waals surface area contributed by atoms with Crippen LogP contribution in [-0.4, -0.2) is 118 Å². The van der Waals surface area contributed by atoms with Crippen LogP contribution in [0.4, 0.5) is 0 Å². The van der Waals surface area contributed by atoms with Crippen molar-refractivity contribution in [1.29, 1.82) is 0 Å². The van der Waals surface area contributed by atoms with Gasteiger partial charge >= 0.3 is 0 Å². The Hall–Kier alpha value is -1.30. The molecule has 0 bridgehead atoms. The lowest BCUT2D eigenvalue weighted by Crippen LogP contribution is -2.61. The monoisotopic (exact) mass is 488 g/mol. The van der Waals surface area contributed by atoms with Crippen molar-refractivity contribution < 1.29 is 30.0 Å². The van der Waals surface area contributed by atoms with Gasteiger partial charge in [0.05, 0.1) is 24.4 Å². The van der Waals surface area contributed by atoms with E-state index in [1.165, 1.54) is 0 Å². The van der Waals surface area contributed by atoms with Crippen LogP contribution in [0.15, 0.2) is 0 Å². The Morgan fingerprint density at radius 3 is 1.18 bits per heavy atom. The minimum atomic E-state index is -0.529. The number of amides is 2. The van der Waals surface area contributed by atoms with Gasteiger partial charge in [-0.25, -0.2) is 0 Å². The Bertz CT molecular complexity index is 518. The highest BCUT2D eigenvalue weighted by molar-refractivity contribution is 5.96. The molecule has 34 heavy (non-hydrogen) atoms. The predicted molar refractivity (Wildman–Crippen MR) is 131 cm³/mol. The van der Waals surface area contributed by atoms with Gasteiger partial charge in [0, 0.05) is 26.2 Å². The normalized spacial score (nSPS) is 22.4. The standard InChI is InChI=1S/C24H48N4O6/c1-17(29)13-27(14-18(2)30)11-7-5-9-21-23(33)26-22(24(34)25-21)10-6-8-12-28(15-19(3)31)16-20(4)32/h17-22,29-32H,5-16H2,1-4H3,(H,25,34)(H,26,33)/t17-,18-,19-,20-,21-,22-/m0/s1. The van der Waals surface area contributed by atoms with E-state index in [2.05, 4.69) is 10.6 Å². The Morgan fingerprint density at radius 2 is 0.912 bits per heavy atom. The maximum absolute atomic E-state index is 12.5. The zero-order chi connectivity index (χ0) is 25.7. The lowest BCUT2D eigenvalue weighted by molar-refractivity contribution is -0.137. The number of aliphatic hydroxyl groups is 4. The summed E-state index contributed by atoms with van der Waals surface area (Å²) in [5, 5.41) is 44.1. The van der Waals surface area contributed by atoms with Gasteiger partial charge in [-0.3, -0.25) is 19.4 Å². The molecule has 1 fully saturated rings. The van der Waals surface area contributed by atoms with Crippen molar-refractivity contribution in [3.63, 3.8) is 0 Å². The minimum Gasteiger partial charge on any atom is -0.392 e. The van der Waals surface area contributed by atoms with Gasteiger partial charge in [0.25, 0.3) is 0 Å². The number of hydrogen-bond acceptors (Lipinski definition) is 8. The van der Waals surface area contributed by atoms with Gasteiger partial charge in [-0.15, -0.1) is 0 Å². The van der Waals surface area contributed by atoms with E-state index >= 15 is 0 Å². The summed E-state index contributed by atoms with van der Waals surface area (Å²) in [7, 11) is 0. The van der Waals surface area contributed by atoms with E-state index in [1.807, 2.05) is 9.80 Å². The smallest absolute Gasteiger partial charge is 0.243 e. The van der Waals surface area contributed by atoms with E-state index in [9.17, 15) is 30.0 Å². The minimum absolute atomic E-state index is 0.153. The second-order valence-corrected chi connectivity index (χ2v) is 10.0. The number of nitrogens with one attached hydrogen (secondary N) is 2. The zero-order valence-electron chi connectivity index (χ0n) is 21.4. The van der Waals surface area contributed by atoms with Crippen molar-refractivity contribution in [2.45, 2.75) is 103 Å². The number of nitrogens with zero attached hydrogens (tertiary/aromatic N) is 2. The summed E-state index contributed by atoms with van der Waals surface area (Å²) in [5.41, 5.74) is 0. The van der Waals surface area contributed by atoms with E-state index in [0.29, 0.717) is 52.1 Å². The Balaban J connectivity index is 2.34. The van der Waals surface area contributed by atoms with Gasteiger partial charge in [-0.05, 0) is 79.3 Å². The number of piperazine rings is 1. The second kappa shape index (κ2) is 16.4. The summed E-state index contributed by atoms with van der Waals surface area (Å²) in [6.45, 7) is 10.2. The molecule has 0 aliphatic carbocycles. The van der Waals surface area contributed by atoms with Crippen LogP contribution in [0.3, 0.4) is 0 Å². The number of unbranched alkanes of at least 4 members (excludes halogenated alkanes) is 2. The molecule has 1 saturated heterocycles. The Morgan fingerprint density at radius 1 is 0.618 bits per heavy atom. The van der Waals surface area contributed by atoms with Gasteiger partial charge in [-0.2, -0.15) is 0 Å². The molecule has 2 amide bonds. The molecule has 0 saturated carbocycles. The molecule has 10 heteroatoms. The molecule has 1 rings (SSSR count). The number of rotatable bonds is 18. The fourth-order valence-corrected chi connectivity index (χ4v) is 4.46. The van der Waals surface area contributed by atoms with Crippen LogP contribution in [-0.2, 0) is 9.59 Å². The first kappa shape index (κ1) is 30.7. The van der Waals surface area contributed by atoms with E-state index < -0.39 is 36.5 Å². The van der Waals surface area contributed by atoms with Crippen LogP contribution in [0.5, 0.6) is 0 Å². The van der Waals surface area contributed by atoms with Crippen molar-refractivity contribution in [3.8, 4) is 0 Å². The Kier molecular flexibility index (Phi) is 14.8. The summed E-state index contributed by atoms with van der Waals surface area (Å²) in [4.78, 5) is 29.0. The molecule has 0 aromatic heterocycles. The SMILES string of the molecule is C[C@H](O)CN(CCCC[C@@H]1NC(=O)[C@H](CCCCN(C[C@H](C)O)C[C@H](C)O)NC1=O)C[C@H](C)O. The fourth-order valence-electron chi connectivity index (χ4n) is 4.46. The molecule has 200 valence electrons. The van der Waals surface area contributed by atoms with Crippen LogP contribution in [0.2, 0.25) is 0 Å². The third-order valence-corrected chi connectivity index (χ3v) is 5.79. The molecule has 1 heterocycles. The molecule has 0 spiro atoms. The maximum atomic E-state index is 12.5. The van der Waals surface area contributed by atoms with Crippen LogP contribution in [0.25, 0.3) is 0 Å². The van der Waals surface area contributed by atoms with E-state index in [4.69, 9.17) is 0 Å². The average molecular weight is 489 g/mol. The largest absolute Gasteiger partial charge is 0.392 e. The van der Waals surface area contributed by atoms with Crippen LogP contribution in [0, 0.1) is 0 Å². The van der Waals surface area contributed by atoms with Crippen molar-refractivity contribution in [1.82, 2.24) is 20.4 Å². The first-order valence-corrected chi connectivity index (χ1v) is 12.8. The number of carbonyl (C=O) groups excluding carboxylic acids is 2. The lowest BCUT2D eigenvalue weighted by atomic mass is 10.0. The van der Waals surface area contributed by atoms with Crippen molar-refractivity contribution >= 4 is 11.8 Å². The van der Waals surface area contributed by atoms with Crippen molar-refractivity contribution in [3.05, 3.63) is 0 Å². The quantitative estimate of drug-likeness (QED) is 0.141. The summed E-state index contributed by atoms with van der Waals surface area (Å²) in [5.74, 6) is -0.307. The summed E-state index contributed by atoms with van der Waals surface area (Å²) in [6, 6.07) is -1.06. The highest BCUT2D eigenvalue weighted by Crippen LogP contribution is 2.12. The topological polar surface area (TPSA) is 146 Å². The first-order chi connectivity index (χ1) is 16.0. The van der Waals surface area contributed by atoms with E-state index in [-0.39, 0.29) is 11.8 Å². The van der Waals surface area contributed by atoms with Crippen LogP contribution >= 0.6 is 0 Å². The molecule has 1 aliphatic heterocycles. The third kappa shape index (κ3) is 13.6. The summed E-state index contributed by atoms with van der Waals surface area (Å²) in [6.07, 6.45) is 2.32. The lowest BCUT2D eigenvalue weighted by Gasteiger charge is -2.30. The highest BCUT2D eigenvalue weighted by Gasteiger charge is 2.32. The van der Waals surface area contributed by atoms with Gasteiger partial charge in [0.15, 0.2) is 0 Å². The second-order valence-electron chi connectivity index (χ2n) is 10.0. The molecule has 6 atom stereocenters. The first-order valence-electron chi connectivity index (χ1n) is 12.8. The molecule has 10 nitrogen and oxygen atoms in total. The molecular weight excluding hydrogens is 440 g/mol. The number of carbonyl (C=O) groups is 2. The van der Waals surface area contributed by atoms with Crippen molar-refractivity contribution in [2.75, 3.05) is 39.3 Å².